The normalized spacial score (nSPS) is 17.2. The van der Waals surface area contributed by atoms with E-state index in [9.17, 15) is 18.0 Å². The molecule has 0 fully saturated rings. The number of amides is 1. The molecule has 0 bridgehead atoms. The molecule has 24 heavy (non-hydrogen) atoms. The number of allylic oxidation sites excluding steroid dienone is 2. The van der Waals surface area contributed by atoms with Crippen molar-refractivity contribution in [3.63, 3.8) is 0 Å². The predicted molar refractivity (Wildman–Crippen MR) is 87.7 cm³/mol. The van der Waals surface area contributed by atoms with Crippen molar-refractivity contribution in [3.05, 3.63) is 47.4 Å². The molecule has 0 saturated heterocycles. The fourth-order valence-electron chi connectivity index (χ4n) is 2.59. The van der Waals surface area contributed by atoms with Crippen LogP contribution in [0.3, 0.4) is 0 Å². The summed E-state index contributed by atoms with van der Waals surface area (Å²) in [4.78, 5) is 16.2. The predicted octanol–water partition coefficient (Wildman–Crippen LogP) is 5.12. The Bertz CT molecular complexity index is 767. The Hall–Kier alpha value is -2.15. The van der Waals surface area contributed by atoms with Crippen molar-refractivity contribution in [1.29, 1.82) is 0 Å². The number of nitrogens with zero attached hydrogens (tertiary/aromatic N) is 1. The first-order valence-electron chi connectivity index (χ1n) is 7.51. The highest BCUT2D eigenvalue weighted by molar-refractivity contribution is 7.14. The molecule has 0 saturated carbocycles. The summed E-state index contributed by atoms with van der Waals surface area (Å²) in [6, 6.07) is 5.00. The molecule has 1 atom stereocenters. The minimum atomic E-state index is -4.39. The monoisotopic (exact) mass is 352 g/mol. The number of aromatic nitrogens is 1. The third-order valence-electron chi connectivity index (χ3n) is 3.80. The molecular weight excluding hydrogens is 337 g/mol. The van der Waals surface area contributed by atoms with E-state index in [4.69, 9.17) is 0 Å². The topological polar surface area (TPSA) is 42.0 Å². The Morgan fingerprint density at radius 2 is 2.21 bits per heavy atom. The number of alkyl halides is 3. The van der Waals surface area contributed by atoms with Crippen LogP contribution in [0.2, 0.25) is 0 Å². The lowest BCUT2D eigenvalue weighted by atomic mass is 10.1. The van der Waals surface area contributed by atoms with Crippen LogP contribution in [0.15, 0.2) is 41.8 Å². The minimum absolute atomic E-state index is 0.128. The molecule has 3 rings (SSSR count). The van der Waals surface area contributed by atoms with Crippen molar-refractivity contribution in [2.24, 2.45) is 5.92 Å². The number of thiazole rings is 1. The zero-order valence-corrected chi connectivity index (χ0v) is 13.5. The minimum Gasteiger partial charge on any atom is -0.302 e. The van der Waals surface area contributed by atoms with Gasteiger partial charge in [0.15, 0.2) is 5.13 Å². The zero-order valence-electron chi connectivity index (χ0n) is 12.6. The quantitative estimate of drug-likeness (QED) is 0.776. The summed E-state index contributed by atoms with van der Waals surface area (Å²) in [6.07, 6.45) is 2.07. The van der Waals surface area contributed by atoms with Crippen molar-refractivity contribution in [3.8, 4) is 11.3 Å². The van der Waals surface area contributed by atoms with Gasteiger partial charge in [-0.2, -0.15) is 13.2 Å². The molecule has 1 aromatic carbocycles. The number of carbonyl (C=O) groups excluding carboxylic acids is 1. The fraction of sp³-hybridized carbons (Fsp3) is 0.294. The van der Waals surface area contributed by atoms with Gasteiger partial charge < -0.3 is 5.32 Å². The molecule has 7 heteroatoms. The number of hydrogen-bond acceptors (Lipinski definition) is 3. The summed E-state index contributed by atoms with van der Waals surface area (Å²) in [5.41, 5.74) is 0.0778. The molecule has 3 nitrogen and oxygen atoms in total. The van der Waals surface area contributed by atoms with E-state index in [1.165, 1.54) is 17.4 Å². The molecule has 0 radical (unpaired) electrons. The maximum absolute atomic E-state index is 12.8. The molecule has 1 aromatic heterocycles. The first-order valence-corrected chi connectivity index (χ1v) is 8.39. The van der Waals surface area contributed by atoms with Gasteiger partial charge in [0.25, 0.3) is 0 Å². The van der Waals surface area contributed by atoms with Crippen LogP contribution in [-0.4, -0.2) is 10.9 Å². The van der Waals surface area contributed by atoms with Gasteiger partial charge in [-0.1, -0.05) is 24.3 Å². The van der Waals surface area contributed by atoms with Gasteiger partial charge in [-0.25, -0.2) is 4.98 Å². The molecule has 1 N–H and O–H groups in total. The number of anilines is 1. The Morgan fingerprint density at radius 1 is 1.38 bits per heavy atom. The third-order valence-corrected chi connectivity index (χ3v) is 4.55. The molecule has 1 amide bonds. The van der Waals surface area contributed by atoms with Gasteiger partial charge in [0.2, 0.25) is 5.91 Å². The molecule has 126 valence electrons. The average Bonchev–Trinajstić information content (AvgIpc) is 3.18. The molecule has 0 unspecified atom stereocenters. The van der Waals surface area contributed by atoms with Crippen molar-refractivity contribution in [2.45, 2.75) is 25.4 Å². The Balaban J connectivity index is 1.69. The number of hydrogen-bond donors (Lipinski definition) is 1. The Morgan fingerprint density at radius 3 is 2.92 bits per heavy atom. The second-order valence-electron chi connectivity index (χ2n) is 5.63. The van der Waals surface area contributed by atoms with E-state index in [-0.39, 0.29) is 11.8 Å². The standard InChI is InChI=1S/C17H15F3N2OS/c18-17(19,20)13-7-3-6-12(9-13)14-10-24-16(21-14)22-15(23)8-11-4-1-2-5-11/h1,3-4,6-7,9-11H,2,5,8H2,(H,21,22,23)/t11-/m0/s1. The first-order chi connectivity index (χ1) is 11.4. The zero-order chi connectivity index (χ0) is 17.2. The molecule has 1 heterocycles. The second-order valence-corrected chi connectivity index (χ2v) is 6.49. The van der Waals surface area contributed by atoms with Crippen molar-refractivity contribution < 1.29 is 18.0 Å². The van der Waals surface area contributed by atoms with Gasteiger partial charge in [-0.3, -0.25) is 4.79 Å². The van der Waals surface area contributed by atoms with Gasteiger partial charge in [-0.05, 0) is 30.9 Å². The fourth-order valence-corrected chi connectivity index (χ4v) is 3.33. The largest absolute Gasteiger partial charge is 0.416 e. The highest BCUT2D eigenvalue weighted by Gasteiger charge is 2.30. The van der Waals surface area contributed by atoms with E-state index in [0.717, 1.165) is 25.0 Å². The number of halogens is 3. The van der Waals surface area contributed by atoms with Crippen LogP contribution >= 0.6 is 11.3 Å². The summed E-state index contributed by atoms with van der Waals surface area (Å²) < 4.78 is 38.3. The van der Waals surface area contributed by atoms with Crippen molar-refractivity contribution in [2.75, 3.05) is 5.32 Å². The molecule has 1 aliphatic carbocycles. The SMILES string of the molecule is O=C(C[C@H]1C=CCC1)Nc1nc(-c2cccc(C(F)(F)F)c2)cs1. The van der Waals surface area contributed by atoms with Crippen LogP contribution in [0.5, 0.6) is 0 Å². The van der Waals surface area contributed by atoms with Gasteiger partial charge in [0.05, 0.1) is 11.3 Å². The second kappa shape index (κ2) is 6.76. The van der Waals surface area contributed by atoms with Crippen LogP contribution in [-0.2, 0) is 11.0 Å². The summed E-state index contributed by atoms with van der Waals surface area (Å²) in [5, 5.41) is 4.75. The third kappa shape index (κ3) is 4.03. The van der Waals surface area contributed by atoms with Gasteiger partial charge >= 0.3 is 6.18 Å². The summed E-state index contributed by atoms with van der Waals surface area (Å²) in [6.45, 7) is 0. The summed E-state index contributed by atoms with van der Waals surface area (Å²) in [5.74, 6) is 0.129. The van der Waals surface area contributed by atoms with E-state index >= 15 is 0 Å². The lowest BCUT2D eigenvalue weighted by Gasteiger charge is -2.07. The molecule has 2 aromatic rings. The summed E-state index contributed by atoms with van der Waals surface area (Å²) in [7, 11) is 0. The van der Waals surface area contributed by atoms with E-state index in [2.05, 4.69) is 16.4 Å². The van der Waals surface area contributed by atoms with Crippen LogP contribution in [0.25, 0.3) is 11.3 Å². The van der Waals surface area contributed by atoms with E-state index in [0.29, 0.717) is 22.8 Å². The maximum atomic E-state index is 12.8. The van der Waals surface area contributed by atoms with E-state index in [1.807, 2.05) is 6.08 Å². The summed E-state index contributed by atoms with van der Waals surface area (Å²) >= 11 is 1.20. The molecule has 1 aliphatic rings. The molecular formula is C17H15F3N2OS. The van der Waals surface area contributed by atoms with Crippen molar-refractivity contribution in [1.82, 2.24) is 4.98 Å². The highest BCUT2D eigenvalue weighted by Crippen LogP contribution is 2.33. The maximum Gasteiger partial charge on any atom is 0.416 e. The highest BCUT2D eigenvalue weighted by atomic mass is 32.1. The van der Waals surface area contributed by atoms with Crippen LogP contribution < -0.4 is 5.32 Å². The van der Waals surface area contributed by atoms with Gasteiger partial charge in [0.1, 0.15) is 0 Å². The Kier molecular flexibility index (Phi) is 4.71. The van der Waals surface area contributed by atoms with Gasteiger partial charge in [-0.15, -0.1) is 11.3 Å². The van der Waals surface area contributed by atoms with Gasteiger partial charge in [0, 0.05) is 17.4 Å². The average molecular weight is 352 g/mol. The van der Waals surface area contributed by atoms with Crippen molar-refractivity contribution >= 4 is 22.4 Å². The number of carbonyl (C=O) groups is 1. The van der Waals surface area contributed by atoms with E-state index < -0.39 is 11.7 Å². The number of benzene rings is 1. The lowest BCUT2D eigenvalue weighted by molar-refractivity contribution is -0.137. The smallest absolute Gasteiger partial charge is 0.302 e. The number of nitrogens with one attached hydrogen (secondary N) is 1. The van der Waals surface area contributed by atoms with Crippen LogP contribution in [0.1, 0.15) is 24.8 Å². The van der Waals surface area contributed by atoms with Crippen LogP contribution in [0.4, 0.5) is 18.3 Å². The number of rotatable bonds is 4. The Labute approximate surface area is 141 Å². The van der Waals surface area contributed by atoms with Crippen LogP contribution in [0, 0.1) is 5.92 Å². The molecule has 0 spiro atoms. The van der Waals surface area contributed by atoms with E-state index in [1.54, 1.807) is 11.4 Å². The lowest BCUT2D eigenvalue weighted by Crippen LogP contribution is -2.14. The first kappa shape index (κ1) is 16.7. The molecule has 0 aliphatic heterocycles.